The van der Waals surface area contributed by atoms with Gasteiger partial charge in [0.2, 0.25) is 0 Å². The molecule has 4 nitrogen and oxygen atoms in total. The van der Waals surface area contributed by atoms with E-state index in [-0.39, 0.29) is 11.4 Å². The second-order valence-corrected chi connectivity index (χ2v) is 6.06. The van der Waals surface area contributed by atoms with Gasteiger partial charge in [0.15, 0.2) is 0 Å². The zero-order chi connectivity index (χ0) is 14.8. The molecule has 0 saturated carbocycles. The summed E-state index contributed by atoms with van der Waals surface area (Å²) < 4.78 is 0. The highest BCUT2D eigenvalue weighted by molar-refractivity contribution is 6.35. The minimum atomic E-state index is -0.329. The Morgan fingerprint density at radius 2 is 2.05 bits per heavy atom. The van der Waals surface area contributed by atoms with Crippen molar-refractivity contribution < 1.29 is 4.79 Å². The lowest BCUT2D eigenvalue weighted by molar-refractivity contribution is 0.166. The Balaban J connectivity index is 2.00. The summed E-state index contributed by atoms with van der Waals surface area (Å²) in [5.74, 6) is 0. The van der Waals surface area contributed by atoms with E-state index in [1.165, 1.54) is 0 Å². The van der Waals surface area contributed by atoms with Gasteiger partial charge in [-0.15, -0.1) is 0 Å². The number of carbonyl (C=O) groups excluding carboxylic acids is 1. The molecule has 1 N–H and O–H groups in total. The smallest absolute Gasteiger partial charge is 0.321 e. The van der Waals surface area contributed by atoms with E-state index in [9.17, 15) is 4.79 Å². The molecule has 1 heterocycles. The lowest BCUT2D eigenvalue weighted by Gasteiger charge is -2.34. The van der Waals surface area contributed by atoms with Crippen molar-refractivity contribution in [3.63, 3.8) is 0 Å². The highest BCUT2D eigenvalue weighted by Gasteiger charge is 2.31. The quantitative estimate of drug-likeness (QED) is 0.847. The Bertz CT molecular complexity index is 560. The van der Waals surface area contributed by atoms with Crippen LogP contribution in [0.1, 0.15) is 19.8 Å². The molecule has 6 heteroatoms. The fraction of sp³-hybridized carbons (Fsp3) is 0.429. The van der Waals surface area contributed by atoms with Crippen LogP contribution >= 0.6 is 23.2 Å². The molecule has 2 rings (SSSR count). The van der Waals surface area contributed by atoms with Gasteiger partial charge in [-0.05, 0) is 38.0 Å². The molecule has 1 saturated heterocycles. The highest BCUT2D eigenvalue weighted by atomic mass is 35.5. The Kier molecular flexibility index (Phi) is 4.42. The van der Waals surface area contributed by atoms with E-state index >= 15 is 0 Å². The number of halogens is 2. The first-order chi connectivity index (χ1) is 9.43. The first-order valence-electron chi connectivity index (χ1n) is 6.36. The second kappa shape index (κ2) is 5.90. The fourth-order valence-electron chi connectivity index (χ4n) is 2.10. The summed E-state index contributed by atoms with van der Waals surface area (Å²) in [6.45, 7) is 3.05. The van der Waals surface area contributed by atoms with Gasteiger partial charge in [-0.2, -0.15) is 5.26 Å². The van der Waals surface area contributed by atoms with Crippen LogP contribution in [0.4, 0.5) is 10.5 Å². The summed E-state index contributed by atoms with van der Waals surface area (Å²) in [7, 11) is 0. The van der Waals surface area contributed by atoms with Crippen molar-refractivity contribution in [3.05, 3.63) is 28.2 Å². The number of likely N-dealkylation sites (tertiary alicyclic amines) is 1. The number of nitrogens with one attached hydrogen (secondary N) is 1. The van der Waals surface area contributed by atoms with Crippen LogP contribution in [0.5, 0.6) is 0 Å². The van der Waals surface area contributed by atoms with E-state index < -0.39 is 0 Å². The van der Waals surface area contributed by atoms with E-state index in [1.54, 1.807) is 23.1 Å². The molecule has 2 amide bonds. The molecule has 1 aliphatic heterocycles. The van der Waals surface area contributed by atoms with E-state index in [4.69, 9.17) is 28.5 Å². The molecule has 1 aromatic carbocycles. The van der Waals surface area contributed by atoms with Crippen molar-refractivity contribution in [3.8, 4) is 6.07 Å². The molecule has 1 aromatic rings. The Hall–Kier alpha value is -1.44. The third kappa shape index (κ3) is 3.36. The Labute approximate surface area is 128 Å². The number of hydrogen-bond donors (Lipinski definition) is 1. The molecule has 1 aliphatic rings. The van der Waals surface area contributed by atoms with E-state index in [2.05, 4.69) is 11.4 Å². The van der Waals surface area contributed by atoms with Gasteiger partial charge in [0.05, 0.1) is 22.2 Å². The number of hydrogen-bond acceptors (Lipinski definition) is 2. The molecule has 0 atom stereocenters. The maximum atomic E-state index is 12.2. The summed E-state index contributed by atoms with van der Waals surface area (Å²) in [5.41, 5.74) is 0.169. The number of piperidine rings is 1. The van der Waals surface area contributed by atoms with Crippen LogP contribution in [0.15, 0.2) is 18.2 Å². The fourth-order valence-corrected chi connectivity index (χ4v) is 2.44. The topological polar surface area (TPSA) is 56.1 Å². The van der Waals surface area contributed by atoms with Gasteiger partial charge in [-0.25, -0.2) is 4.79 Å². The van der Waals surface area contributed by atoms with Crippen LogP contribution < -0.4 is 5.32 Å². The third-order valence-corrected chi connectivity index (χ3v) is 4.16. The number of rotatable bonds is 1. The summed E-state index contributed by atoms with van der Waals surface area (Å²) in [4.78, 5) is 13.9. The van der Waals surface area contributed by atoms with Gasteiger partial charge in [-0.1, -0.05) is 23.2 Å². The van der Waals surface area contributed by atoms with Gasteiger partial charge in [0, 0.05) is 18.1 Å². The number of nitriles is 1. The van der Waals surface area contributed by atoms with Crippen LogP contribution in [-0.2, 0) is 0 Å². The lowest BCUT2D eigenvalue weighted by atomic mass is 9.82. The maximum Gasteiger partial charge on any atom is 0.321 e. The highest BCUT2D eigenvalue weighted by Crippen LogP contribution is 2.31. The molecular formula is C14H15Cl2N3O. The van der Waals surface area contributed by atoms with Crippen molar-refractivity contribution in [1.82, 2.24) is 4.90 Å². The van der Waals surface area contributed by atoms with E-state index in [0.717, 1.165) is 0 Å². The SMILES string of the molecule is CC1(C#N)CCN(C(=O)Nc2cc(Cl)ccc2Cl)CC1. The number of benzene rings is 1. The number of amides is 2. The predicted molar refractivity (Wildman–Crippen MR) is 80.0 cm³/mol. The molecular weight excluding hydrogens is 297 g/mol. The average molecular weight is 312 g/mol. The standard InChI is InChI=1S/C14H15Cl2N3O/c1-14(9-17)4-6-19(7-5-14)13(20)18-12-8-10(15)2-3-11(12)16/h2-3,8H,4-7H2,1H3,(H,18,20). The van der Waals surface area contributed by atoms with Crippen molar-refractivity contribution in [1.29, 1.82) is 5.26 Å². The monoisotopic (exact) mass is 311 g/mol. The van der Waals surface area contributed by atoms with Crippen LogP contribution in [0.25, 0.3) is 0 Å². The molecule has 1 fully saturated rings. The van der Waals surface area contributed by atoms with Gasteiger partial charge in [0.1, 0.15) is 0 Å². The molecule has 0 aliphatic carbocycles. The van der Waals surface area contributed by atoms with Crippen molar-refractivity contribution in [2.24, 2.45) is 5.41 Å². The maximum absolute atomic E-state index is 12.2. The van der Waals surface area contributed by atoms with Gasteiger partial charge in [-0.3, -0.25) is 0 Å². The third-order valence-electron chi connectivity index (χ3n) is 3.59. The van der Waals surface area contributed by atoms with Gasteiger partial charge >= 0.3 is 6.03 Å². The predicted octanol–water partition coefficient (Wildman–Crippen LogP) is 4.15. The van der Waals surface area contributed by atoms with Gasteiger partial charge < -0.3 is 10.2 Å². The number of carbonyl (C=O) groups is 1. The first-order valence-corrected chi connectivity index (χ1v) is 7.11. The van der Waals surface area contributed by atoms with Crippen LogP contribution in [0.3, 0.4) is 0 Å². The first kappa shape index (κ1) is 15.0. The normalized spacial score (nSPS) is 17.4. The van der Waals surface area contributed by atoms with E-state index in [1.807, 2.05) is 6.92 Å². The number of anilines is 1. The zero-order valence-corrected chi connectivity index (χ0v) is 12.6. The number of urea groups is 1. The van der Waals surface area contributed by atoms with Crippen molar-refractivity contribution >= 4 is 34.9 Å². The lowest BCUT2D eigenvalue weighted by Crippen LogP contribution is -2.43. The minimum absolute atomic E-state index is 0.214. The molecule has 0 radical (unpaired) electrons. The van der Waals surface area contributed by atoms with Crippen LogP contribution in [0, 0.1) is 16.7 Å². The molecule has 0 aromatic heterocycles. The summed E-state index contributed by atoms with van der Waals surface area (Å²) >= 11 is 11.9. The minimum Gasteiger partial charge on any atom is -0.324 e. The molecule has 106 valence electrons. The molecule has 0 unspecified atom stereocenters. The largest absolute Gasteiger partial charge is 0.324 e. The summed E-state index contributed by atoms with van der Waals surface area (Å²) in [5, 5.41) is 12.8. The van der Waals surface area contributed by atoms with Gasteiger partial charge in [0.25, 0.3) is 0 Å². The average Bonchev–Trinajstić information content (AvgIpc) is 2.43. The molecule has 0 spiro atoms. The molecule has 0 bridgehead atoms. The van der Waals surface area contributed by atoms with Crippen LogP contribution in [0.2, 0.25) is 10.0 Å². The van der Waals surface area contributed by atoms with Crippen molar-refractivity contribution in [2.45, 2.75) is 19.8 Å². The number of nitrogens with zero attached hydrogens (tertiary/aromatic N) is 2. The zero-order valence-electron chi connectivity index (χ0n) is 11.1. The summed E-state index contributed by atoms with van der Waals surface area (Å²) in [6, 6.07) is 7.02. The Morgan fingerprint density at radius 1 is 1.40 bits per heavy atom. The Morgan fingerprint density at radius 3 is 2.65 bits per heavy atom. The van der Waals surface area contributed by atoms with Crippen molar-refractivity contribution in [2.75, 3.05) is 18.4 Å². The summed E-state index contributed by atoms with van der Waals surface area (Å²) in [6.07, 6.45) is 1.36. The van der Waals surface area contributed by atoms with E-state index in [0.29, 0.717) is 41.7 Å². The second-order valence-electron chi connectivity index (χ2n) is 5.21. The molecule has 20 heavy (non-hydrogen) atoms. The van der Waals surface area contributed by atoms with Crippen LogP contribution in [-0.4, -0.2) is 24.0 Å².